The Balaban J connectivity index is 3.39. The number of likely N-dealkylation sites (N-methyl/N-ethyl adjacent to an activating group) is 1. The molecule has 74 valence electrons. The Kier molecular flexibility index (Phi) is 6.20. The molecule has 2 nitrogen and oxygen atoms in total. The Morgan fingerprint density at radius 1 is 1.42 bits per heavy atom. The predicted molar refractivity (Wildman–Crippen MR) is 44.6 cm³/mol. The van der Waals surface area contributed by atoms with E-state index in [4.69, 9.17) is 4.74 Å². The van der Waals surface area contributed by atoms with E-state index in [1.54, 1.807) is 6.92 Å². The molecule has 0 saturated heterocycles. The molecule has 12 heavy (non-hydrogen) atoms. The SMILES string of the molecule is CCN(C)CC(C)OCC(F)F. The van der Waals surface area contributed by atoms with E-state index in [1.807, 2.05) is 18.9 Å². The van der Waals surface area contributed by atoms with E-state index in [0.29, 0.717) is 6.54 Å². The minimum Gasteiger partial charge on any atom is -0.371 e. The van der Waals surface area contributed by atoms with Gasteiger partial charge in [0, 0.05) is 6.54 Å². The van der Waals surface area contributed by atoms with Gasteiger partial charge in [-0.25, -0.2) is 8.78 Å². The lowest BCUT2D eigenvalue weighted by Crippen LogP contribution is -2.30. The summed E-state index contributed by atoms with van der Waals surface area (Å²) in [6, 6.07) is 0. The van der Waals surface area contributed by atoms with Crippen LogP contribution in [0.15, 0.2) is 0 Å². The Morgan fingerprint density at radius 3 is 2.42 bits per heavy atom. The van der Waals surface area contributed by atoms with Gasteiger partial charge >= 0.3 is 0 Å². The average molecular weight is 181 g/mol. The van der Waals surface area contributed by atoms with Crippen molar-refractivity contribution in [1.82, 2.24) is 4.90 Å². The fraction of sp³-hybridized carbons (Fsp3) is 1.00. The van der Waals surface area contributed by atoms with E-state index in [1.165, 1.54) is 0 Å². The summed E-state index contributed by atoms with van der Waals surface area (Å²) in [4.78, 5) is 2.02. The first-order valence-electron chi connectivity index (χ1n) is 4.14. The van der Waals surface area contributed by atoms with Crippen molar-refractivity contribution in [3.8, 4) is 0 Å². The molecule has 1 atom stereocenters. The molecule has 0 aromatic heterocycles. The molecule has 0 aliphatic heterocycles. The molecule has 0 aromatic rings. The van der Waals surface area contributed by atoms with Crippen LogP contribution < -0.4 is 0 Å². The summed E-state index contributed by atoms with van der Waals surface area (Å²) in [5.41, 5.74) is 0. The Bertz CT molecular complexity index is 111. The van der Waals surface area contributed by atoms with Gasteiger partial charge in [-0.05, 0) is 20.5 Å². The van der Waals surface area contributed by atoms with Gasteiger partial charge in [-0.1, -0.05) is 6.92 Å². The lowest BCUT2D eigenvalue weighted by atomic mass is 10.4. The quantitative estimate of drug-likeness (QED) is 0.617. The van der Waals surface area contributed by atoms with Gasteiger partial charge in [0.25, 0.3) is 6.43 Å². The van der Waals surface area contributed by atoms with Gasteiger partial charge in [-0.2, -0.15) is 0 Å². The third-order valence-corrected chi connectivity index (χ3v) is 1.62. The maximum Gasteiger partial charge on any atom is 0.261 e. The molecule has 0 saturated carbocycles. The van der Waals surface area contributed by atoms with Crippen LogP contribution in [0, 0.1) is 0 Å². The van der Waals surface area contributed by atoms with Crippen molar-refractivity contribution in [3.63, 3.8) is 0 Å². The number of hydrogen-bond donors (Lipinski definition) is 0. The van der Waals surface area contributed by atoms with Gasteiger partial charge in [-0.3, -0.25) is 0 Å². The van der Waals surface area contributed by atoms with Crippen molar-refractivity contribution in [3.05, 3.63) is 0 Å². The summed E-state index contributed by atoms with van der Waals surface area (Å²) in [5.74, 6) is 0. The van der Waals surface area contributed by atoms with Gasteiger partial charge in [-0.15, -0.1) is 0 Å². The van der Waals surface area contributed by atoms with Crippen molar-refractivity contribution >= 4 is 0 Å². The zero-order valence-electron chi connectivity index (χ0n) is 7.89. The van der Waals surface area contributed by atoms with Crippen LogP contribution in [0.3, 0.4) is 0 Å². The van der Waals surface area contributed by atoms with Crippen LogP contribution in [0.5, 0.6) is 0 Å². The molecule has 1 unspecified atom stereocenters. The number of halogens is 2. The van der Waals surface area contributed by atoms with Gasteiger partial charge in [0.1, 0.15) is 6.61 Å². The molecule has 0 heterocycles. The Morgan fingerprint density at radius 2 is 2.00 bits per heavy atom. The molecular formula is C8H17F2NO. The van der Waals surface area contributed by atoms with Crippen LogP contribution in [-0.4, -0.2) is 44.2 Å². The molecule has 0 fully saturated rings. The van der Waals surface area contributed by atoms with Gasteiger partial charge in [0.05, 0.1) is 6.10 Å². The fourth-order valence-electron chi connectivity index (χ4n) is 0.858. The summed E-state index contributed by atoms with van der Waals surface area (Å²) >= 11 is 0. The molecule has 0 aliphatic rings. The zero-order valence-corrected chi connectivity index (χ0v) is 7.89. The third kappa shape index (κ3) is 6.49. The van der Waals surface area contributed by atoms with E-state index in [-0.39, 0.29) is 6.10 Å². The van der Waals surface area contributed by atoms with Crippen molar-refractivity contribution in [2.24, 2.45) is 0 Å². The largest absolute Gasteiger partial charge is 0.371 e. The van der Waals surface area contributed by atoms with Crippen LogP contribution in [-0.2, 0) is 4.74 Å². The van der Waals surface area contributed by atoms with Crippen molar-refractivity contribution < 1.29 is 13.5 Å². The summed E-state index contributed by atoms with van der Waals surface area (Å²) < 4.78 is 28.2. The number of nitrogens with zero attached hydrogens (tertiary/aromatic N) is 1. The topological polar surface area (TPSA) is 12.5 Å². The highest BCUT2D eigenvalue weighted by Gasteiger charge is 2.08. The summed E-state index contributed by atoms with van der Waals surface area (Å²) in [5, 5.41) is 0. The highest BCUT2D eigenvalue weighted by Crippen LogP contribution is 1.98. The molecule has 0 aliphatic carbocycles. The van der Waals surface area contributed by atoms with E-state index in [9.17, 15) is 8.78 Å². The van der Waals surface area contributed by atoms with Crippen LogP contribution in [0.25, 0.3) is 0 Å². The molecular weight excluding hydrogens is 164 g/mol. The summed E-state index contributed by atoms with van der Waals surface area (Å²) in [7, 11) is 1.93. The Hall–Kier alpha value is -0.220. The summed E-state index contributed by atoms with van der Waals surface area (Å²) in [6.07, 6.45) is -2.48. The maximum atomic E-state index is 11.7. The second-order valence-electron chi connectivity index (χ2n) is 2.89. The number of rotatable bonds is 6. The zero-order chi connectivity index (χ0) is 9.56. The molecule has 0 spiro atoms. The number of alkyl halides is 2. The molecule has 0 radical (unpaired) electrons. The molecule has 0 rings (SSSR count). The number of ether oxygens (including phenoxy) is 1. The predicted octanol–water partition coefficient (Wildman–Crippen LogP) is 1.61. The minimum absolute atomic E-state index is 0.121. The van der Waals surface area contributed by atoms with Crippen molar-refractivity contribution in [2.75, 3.05) is 26.7 Å². The molecule has 0 amide bonds. The van der Waals surface area contributed by atoms with E-state index in [2.05, 4.69) is 0 Å². The van der Waals surface area contributed by atoms with Crippen molar-refractivity contribution in [1.29, 1.82) is 0 Å². The van der Waals surface area contributed by atoms with Crippen LogP contribution in [0.1, 0.15) is 13.8 Å². The van der Waals surface area contributed by atoms with E-state index in [0.717, 1.165) is 6.54 Å². The lowest BCUT2D eigenvalue weighted by Gasteiger charge is -2.19. The van der Waals surface area contributed by atoms with Crippen LogP contribution >= 0.6 is 0 Å². The van der Waals surface area contributed by atoms with Crippen molar-refractivity contribution in [2.45, 2.75) is 26.4 Å². The first-order chi connectivity index (χ1) is 5.56. The number of hydrogen-bond acceptors (Lipinski definition) is 2. The highest BCUT2D eigenvalue weighted by atomic mass is 19.3. The second-order valence-corrected chi connectivity index (χ2v) is 2.89. The maximum absolute atomic E-state index is 11.7. The molecule has 0 aromatic carbocycles. The van der Waals surface area contributed by atoms with E-state index >= 15 is 0 Å². The average Bonchev–Trinajstić information content (AvgIpc) is 2.00. The molecule has 0 N–H and O–H groups in total. The summed E-state index contributed by atoms with van der Waals surface area (Å²) in [6.45, 7) is 4.96. The van der Waals surface area contributed by atoms with Crippen LogP contribution in [0.2, 0.25) is 0 Å². The van der Waals surface area contributed by atoms with Crippen LogP contribution in [0.4, 0.5) is 8.78 Å². The molecule has 0 bridgehead atoms. The second kappa shape index (κ2) is 6.31. The first kappa shape index (κ1) is 11.8. The molecule has 4 heteroatoms. The van der Waals surface area contributed by atoms with E-state index < -0.39 is 13.0 Å². The standard InChI is InChI=1S/C8H17F2NO/c1-4-11(3)5-7(2)12-6-8(9)10/h7-8H,4-6H2,1-3H3. The lowest BCUT2D eigenvalue weighted by molar-refractivity contribution is -0.0258. The van der Waals surface area contributed by atoms with Gasteiger partial charge in [0.15, 0.2) is 0 Å². The fourth-order valence-corrected chi connectivity index (χ4v) is 0.858. The monoisotopic (exact) mass is 181 g/mol. The minimum atomic E-state index is -2.36. The van der Waals surface area contributed by atoms with Gasteiger partial charge < -0.3 is 9.64 Å². The highest BCUT2D eigenvalue weighted by molar-refractivity contribution is 4.56. The third-order valence-electron chi connectivity index (χ3n) is 1.62. The Labute approximate surface area is 72.5 Å². The smallest absolute Gasteiger partial charge is 0.261 e. The van der Waals surface area contributed by atoms with Gasteiger partial charge in [0.2, 0.25) is 0 Å². The first-order valence-corrected chi connectivity index (χ1v) is 4.14. The normalized spacial score (nSPS) is 14.2.